The Morgan fingerprint density at radius 1 is 1.26 bits per heavy atom. The fourth-order valence-corrected chi connectivity index (χ4v) is 2.11. The largest absolute Gasteiger partial charge is 0.453 e. The van der Waals surface area contributed by atoms with Gasteiger partial charge in [-0.05, 0) is 31.3 Å². The van der Waals surface area contributed by atoms with Crippen molar-refractivity contribution >= 4 is 14.3 Å². The molecule has 0 aliphatic heterocycles. The zero-order valence-electron chi connectivity index (χ0n) is 12.1. The van der Waals surface area contributed by atoms with Gasteiger partial charge in [-0.1, -0.05) is 36.4 Å². The zero-order valence-corrected chi connectivity index (χ0v) is 13.1. The first-order chi connectivity index (χ1) is 8.88. The van der Waals surface area contributed by atoms with E-state index in [1.807, 2.05) is 42.5 Å². The van der Waals surface area contributed by atoms with Gasteiger partial charge in [0.25, 0.3) is 0 Å². The van der Waals surface area contributed by atoms with Crippen LogP contribution in [0, 0.1) is 0 Å². The van der Waals surface area contributed by atoms with Crippen LogP contribution in [0.15, 0.2) is 42.5 Å². The van der Waals surface area contributed by atoms with Crippen molar-refractivity contribution in [3.05, 3.63) is 48.0 Å². The van der Waals surface area contributed by atoms with Crippen molar-refractivity contribution in [1.29, 1.82) is 0 Å². The predicted octanol–water partition coefficient (Wildman–Crippen LogP) is 3.70. The Morgan fingerprint density at radius 3 is 2.42 bits per heavy atom. The van der Waals surface area contributed by atoms with Crippen molar-refractivity contribution in [1.82, 2.24) is 0 Å². The van der Waals surface area contributed by atoms with Crippen molar-refractivity contribution < 1.29 is 14.0 Å². The van der Waals surface area contributed by atoms with E-state index in [1.165, 1.54) is 6.92 Å². The van der Waals surface area contributed by atoms with Gasteiger partial charge in [0.05, 0.1) is 6.61 Å². The van der Waals surface area contributed by atoms with Crippen LogP contribution in [0.5, 0.6) is 0 Å². The first kappa shape index (κ1) is 15.7. The molecule has 0 saturated heterocycles. The van der Waals surface area contributed by atoms with Crippen LogP contribution in [0.2, 0.25) is 19.6 Å². The Bertz CT molecular complexity index is 421. The second-order valence-electron chi connectivity index (χ2n) is 5.29. The van der Waals surface area contributed by atoms with Crippen molar-refractivity contribution in [3.8, 4) is 0 Å². The Balaban J connectivity index is 2.65. The molecule has 0 amide bonds. The molecule has 104 valence electrons. The number of ether oxygens (including phenoxy) is 1. The van der Waals surface area contributed by atoms with Crippen LogP contribution in [-0.2, 0) is 14.0 Å². The summed E-state index contributed by atoms with van der Waals surface area (Å²) in [5, 5.41) is 0. The molecule has 1 aromatic rings. The SMILES string of the molecule is CC(=O)OC(/C=C/CO[Si](C)(C)C)c1ccccc1. The van der Waals surface area contributed by atoms with Crippen molar-refractivity contribution in [3.63, 3.8) is 0 Å². The number of hydrogen-bond donors (Lipinski definition) is 0. The predicted molar refractivity (Wildman–Crippen MR) is 79.4 cm³/mol. The summed E-state index contributed by atoms with van der Waals surface area (Å²) in [5.74, 6) is -0.287. The van der Waals surface area contributed by atoms with E-state index in [9.17, 15) is 4.79 Å². The van der Waals surface area contributed by atoms with Gasteiger partial charge in [0, 0.05) is 6.92 Å². The highest BCUT2D eigenvalue weighted by atomic mass is 28.4. The number of hydrogen-bond acceptors (Lipinski definition) is 3. The molecule has 0 aliphatic carbocycles. The van der Waals surface area contributed by atoms with Gasteiger partial charge in [0.2, 0.25) is 0 Å². The molecule has 0 heterocycles. The van der Waals surface area contributed by atoms with Gasteiger partial charge in [-0.2, -0.15) is 0 Å². The maximum Gasteiger partial charge on any atom is 0.303 e. The Hall–Kier alpha value is -1.39. The second-order valence-corrected chi connectivity index (χ2v) is 9.81. The van der Waals surface area contributed by atoms with Crippen LogP contribution >= 0.6 is 0 Å². The third kappa shape index (κ3) is 6.93. The van der Waals surface area contributed by atoms with Gasteiger partial charge < -0.3 is 9.16 Å². The normalized spacial score (nSPS) is 13.5. The first-order valence-corrected chi connectivity index (χ1v) is 9.82. The van der Waals surface area contributed by atoms with Gasteiger partial charge in [-0.25, -0.2) is 0 Å². The second kappa shape index (κ2) is 7.26. The van der Waals surface area contributed by atoms with Gasteiger partial charge >= 0.3 is 5.97 Å². The molecule has 0 fully saturated rings. The number of carbonyl (C=O) groups is 1. The molecule has 0 radical (unpaired) electrons. The maximum atomic E-state index is 11.1. The molecule has 4 heteroatoms. The fraction of sp³-hybridized carbons (Fsp3) is 0.400. The third-order valence-corrected chi connectivity index (χ3v) is 3.38. The monoisotopic (exact) mass is 278 g/mol. The minimum Gasteiger partial charge on any atom is -0.453 e. The van der Waals surface area contributed by atoms with Crippen molar-refractivity contribution in [2.75, 3.05) is 6.61 Å². The Labute approximate surface area is 116 Å². The average molecular weight is 278 g/mol. The van der Waals surface area contributed by atoms with E-state index < -0.39 is 8.32 Å². The van der Waals surface area contributed by atoms with Gasteiger partial charge in [0.1, 0.15) is 6.10 Å². The van der Waals surface area contributed by atoms with E-state index in [0.717, 1.165) is 5.56 Å². The van der Waals surface area contributed by atoms with Crippen LogP contribution in [-0.4, -0.2) is 20.9 Å². The third-order valence-electron chi connectivity index (χ3n) is 2.34. The quantitative estimate of drug-likeness (QED) is 0.452. The van der Waals surface area contributed by atoms with Crippen LogP contribution in [0.3, 0.4) is 0 Å². The molecule has 1 aromatic carbocycles. The summed E-state index contributed by atoms with van der Waals surface area (Å²) >= 11 is 0. The highest BCUT2D eigenvalue weighted by molar-refractivity contribution is 6.69. The molecule has 1 atom stereocenters. The smallest absolute Gasteiger partial charge is 0.303 e. The van der Waals surface area contributed by atoms with Gasteiger partial charge in [-0.15, -0.1) is 0 Å². The molecule has 3 nitrogen and oxygen atoms in total. The summed E-state index contributed by atoms with van der Waals surface area (Å²) < 4.78 is 11.0. The van der Waals surface area contributed by atoms with E-state index in [1.54, 1.807) is 0 Å². The summed E-state index contributed by atoms with van der Waals surface area (Å²) in [6, 6.07) is 9.68. The molecule has 0 aromatic heterocycles. The summed E-state index contributed by atoms with van der Waals surface area (Å²) in [5.41, 5.74) is 0.960. The Kier molecular flexibility index (Phi) is 5.98. The topological polar surface area (TPSA) is 35.5 Å². The standard InChI is InChI=1S/C15H22O3Si/c1-13(16)18-15(14-9-6-5-7-10-14)11-8-12-17-19(2,3)4/h5-11,15H,12H2,1-4H3/b11-8+. The minimum atomic E-state index is -1.50. The maximum absolute atomic E-state index is 11.1. The van der Waals surface area contributed by atoms with E-state index >= 15 is 0 Å². The average Bonchev–Trinajstić information content (AvgIpc) is 2.32. The van der Waals surface area contributed by atoms with Gasteiger partial charge in [0.15, 0.2) is 8.32 Å². The minimum absolute atomic E-state index is 0.287. The number of rotatable bonds is 6. The lowest BCUT2D eigenvalue weighted by Crippen LogP contribution is -2.25. The lowest BCUT2D eigenvalue weighted by atomic mass is 10.1. The van der Waals surface area contributed by atoms with Crippen molar-refractivity contribution in [2.24, 2.45) is 0 Å². The summed E-state index contributed by atoms with van der Waals surface area (Å²) in [7, 11) is -1.50. The summed E-state index contributed by atoms with van der Waals surface area (Å²) in [6.45, 7) is 8.40. The van der Waals surface area contributed by atoms with E-state index in [2.05, 4.69) is 19.6 Å². The number of carbonyl (C=O) groups excluding carboxylic acids is 1. The molecule has 19 heavy (non-hydrogen) atoms. The summed E-state index contributed by atoms with van der Waals surface area (Å²) in [4.78, 5) is 11.1. The molecule has 0 bridgehead atoms. The molecule has 0 spiro atoms. The van der Waals surface area contributed by atoms with E-state index in [-0.39, 0.29) is 12.1 Å². The fourth-order valence-electron chi connectivity index (χ4n) is 1.52. The zero-order chi connectivity index (χ0) is 14.3. The lowest BCUT2D eigenvalue weighted by molar-refractivity contribution is -0.144. The van der Waals surface area contributed by atoms with Crippen LogP contribution < -0.4 is 0 Å². The summed E-state index contributed by atoms with van der Waals surface area (Å²) in [6.07, 6.45) is 3.44. The van der Waals surface area contributed by atoms with E-state index in [4.69, 9.17) is 9.16 Å². The number of esters is 1. The number of benzene rings is 1. The lowest BCUT2D eigenvalue weighted by Gasteiger charge is -2.16. The molecule has 0 aliphatic rings. The molecule has 1 unspecified atom stereocenters. The molecule has 1 rings (SSSR count). The van der Waals surface area contributed by atoms with Gasteiger partial charge in [-0.3, -0.25) is 4.79 Å². The molecular formula is C15H22O3Si. The molecule has 0 N–H and O–H groups in total. The van der Waals surface area contributed by atoms with Crippen molar-refractivity contribution in [2.45, 2.75) is 32.7 Å². The van der Waals surface area contributed by atoms with E-state index in [0.29, 0.717) is 6.61 Å². The van der Waals surface area contributed by atoms with Crippen LogP contribution in [0.4, 0.5) is 0 Å². The highest BCUT2D eigenvalue weighted by Gasteiger charge is 2.13. The molecule has 0 saturated carbocycles. The van der Waals surface area contributed by atoms with Crippen LogP contribution in [0.25, 0.3) is 0 Å². The first-order valence-electron chi connectivity index (χ1n) is 6.41. The Morgan fingerprint density at radius 2 is 1.89 bits per heavy atom. The highest BCUT2D eigenvalue weighted by Crippen LogP contribution is 2.18. The molecular weight excluding hydrogens is 256 g/mol. The van der Waals surface area contributed by atoms with Crippen LogP contribution in [0.1, 0.15) is 18.6 Å².